The number of carbonyl (C=O) groups excluding carboxylic acids is 2. The Morgan fingerprint density at radius 2 is 1.70 bits per heavy atom. The number of rotatable bonds is 6. The fourth-order valence-corrected chi connectivity index (χ4v) is 2.78. The Morgan fingerprint density at radius 1 is 1.10 bits per heavy atom. The van der Waals surface area contributed by atoms with Gasteiger partial charge >= 0.3 is 0 Å². The van der Waals surface area contributed by atoms with Gasteiger partial charge in [-0.25, -0.2) is 0 Å². The Morgan fingerprint density at radius 3 is 2.25 bits per heavy atom. The molecule has 0 saturated carbocycles. The molecule has 0 spiro atoms. The molecule has 0 atom stereocenters. The molecule has 0 bridgehead atoms. The summed E-state index contributed by atoms with van der Waals surface area (Å²) in [6.45, 7) is 5.05. The molecule has 0 unspecified atom stereocenters. The molecule has 1 aromatic rings. The maximum Gasteiger partial charge on any atom is 0.251 e. The topological polar surface area (TPSA) is 58.2 Å². The minimum absolute atomic E-state index is 0.0468. The SMILES string of the molecule is CC(C)CNC(=O)CCNC(=O)c1cc(Br)cc(Br)c1. The highest BCUT2D eigenvalue weighted by Crippen LogP contribution is 2.19. The minimum Gasteiger partial charge on any atom is -0.356 e. The molecular formula is C14H18Br2N2O2. The first kappa shape index (κ1) is 17.2. The van der Waals surface area contributed by atoms with Crippen LogP contribution in [0.2, 0.25) is 0 Å². The van der Waals surface area contributed by atoms with E-state index in [9.17, 15) is 9.59 Å². The first-order chi connectivity index (χ1) is 9.38. The van der Waals surface area contributed by atoms with Gasteiger partial charge in [0, 0.05) is 34.0 Å². The first-order valence-corrected chi connectivity index (χ1v) is 7.98. The fourth-order valence-electron chi connectivity index (χ4n) is 1.48. The van der Waals surface area contributed by atoms with E-state index in [1.54, 1.807) is 12.1 Å². The van der Waals surface area contributed by atoms with Crippen molar-refractivity contribution in [1.29, 1.82) is 0 Å². The Bertz CT molecular complexity index is 470. The summed E-state index contributed by atoms with van der Waals surface area (Å²) >= 11 is 6.67. The predicted octanol–water partition coefficient (Wildman–Crippen LogP) is 3.10. The van der Waals surface area contributed by atoms with Gasteiger partial charge in [-0.05, 0) is 24.1 Å². The average Bonchev–Trinajstić information content (AvgIpc) is 2.35. The van der Waals surface area contributed by atoms with Crippen LogP contribution in [0.1, 0.15) is 30.6 Å². The summed E-state index contributed by atoms with van der Waals surface area (Å²) in [6, 6.07) is 5.33. The summed E-state index contributed by atoms with van der Waals surface area (Å²) in [4.78, 5) is 23.4. The van der Waals surface area contributed by atoms with Gasteiger partial charge in [0.2, 0.25) is 5.91 Å². The van der Waals surface area contributed by atoms with Gasteiger partial charge in [0.1, 0.15) is 0 Å². The number of halogens is 2. The van der Waals surface area contributed by atoms with Crippen molar-refractivity contribution in [2.45, 2.75) is 20.3 Å². The van der Waals surface area contributed by atoms with Crippen molar-refractivity contribution in [2.24, 2.45) is 5.92 Å². The summed E-state index contributed by atoms with van der Waals surface area (Å²) in [7, 11) is 0. The van der Waals surface area contributed by atoms with E-state index in [1.165, 1.54) is 0 Å². The molecular weight excluding hydrogens is 388 g/mol. The predicted molar refractivity (Wildman–Crippen MR) is 86.6 cm³/mol. The second-order valence-corrected chi connectivity index (χ2v) is 6.69. The number of nitrogens with one attached hydrogen (secondary N) is 2. The highest BCUT2D eigenvalue weighted by atomic mass is 79.9. The number of hydrogen-bond donors (Lipinski definition) is 2. The van der Waals surface area contributed by atoms with Crippen LogP contribution in [0.3, 0.4) is 0 Å². The Hall–Kier alpha value is -0.880. The molecule has 1 rings (SSSR count). The average molecular weight is 406 g/mol. The van der Waals surface area contributed by atoms with Crippen LogP contribution in [0.25, 0.3) is 0 Å². The van der Waals surface area contributed by atoms with Crippen LogP contribution < -0.4 is 10.6 Å². The monoisotopic (exact) mass is 404 g/mol. The van der Waals surface area contributed by atoms with E-state index in [4.69, 9.17) is 0 Å². The van der Waals surface area contributed by atoms with Gasteiger partial charge in [-0.3, -0.25) is 9.59 Å². The molecule has 0 aliphatic carbocycles. The van der Waals surface area contributed by atoms with Crippen LogP contribution in [-0.4, -0.2) is 24.9 Å². The molecule has 0 aromatic heterocycles. The fraction of sp³-hybridized carbons (Fsp3) is 0.429. The maximum absolute atomic E-state index is 11.9. The Kier molecular flexibility index (Phi) is 7.23. The maximum atomic E-state index is 11.9. The summed E-state index contributed by atoms with van der Waals surface area (Å²) in [5.41, 5.74) is 0.550. The zero-order chi connectivity index (χ0) is 15.1. The van der Waals surface area contributed by atoms with Gasteiger partial charge in [0.05, 0.1) is 0 Å². The van der Waals surface area contributed by atoms with Gasteiger partial charge in [0.25, 0.3) is 5.91 Å². The van der Waals surface area contributed by atoms with E-state index in [0.717, 1.165) is 8.95 Å². The van der Waals surface area contributed by atoms with Crippen LogP contribution in [0, 0.1) is 5.92 Å². The molecule has 110 valence electrons. The molecule has 2 N–H and O–H groups in total. The summed E-state index contributed by atoms with van der Waals surface area (Å²) in [5, 5.41) is 5.54. The van der Waals surface area contributed by atoms with Gasteiger partial charge in [-0.15, -0.1) is 0 Å². The smallest absolute Gasteiger partial charge is 0.251 e. The van der Waals surface area contributed by atoms with Crippen molar-refractivity contribution in [2.75, 3.05) is 13.1 Å². The molecule has 2 amide bonds. The molecule has 0 fully saturated rings. The highest BCUT2D eigenvalue weighted by Gasteiger charge is 2.08. The van der Waals surface area contributed by atoms with Gasteiger partial charge < -0.3 is 10.6 Å². The molecule has 0 heterocycles. The van der Waals surface area contributed by atoms with Crippen molar-refractivity contribution in [3.05, 3.63) is 32.7 Å². The number of amides is 2. The van der Waals surface area contributed by atoms with E-state index < -0.39 is 0 Å². The van der Waals surface area contributed by atoms with Gasteiger partial charge in [-0.2, -0.15) is 0 Å². The largest absolute Gasteiger partial charge is 0.356 e. The Labute approximate surface area is 136 Å². The quantitative estimate of drug-likeness (QED) is 0.763. The molecule has 4 nitrogen and oxygen atoms in total. The van der Waals surface area contributed by atoms with Crippen LogP contribution in [0.5, 0.6) is 0 Å². The lowest BCUT2D eigenvalue weighted by Crippen LogP contribution is -2.32. The number of carbonyl (C=O) groups is 2. The molecule has 1 aromatic carbocycles. The standard InChI is InChI=1S/C14H18Br2N2O2/c1-9(2)8-18-13(19)3-4-17-14(20)10-5-11(15)7-12(16)6-10/h5-7,9H,3-4,8H2,1-2H3,(H,17,20)(H,18,19). The summed E-state index contributed by atoms with van der Waals surface area (Å²) in [6.07, 6.45) is 0.285. The summed E-state index contributed by atoms with van der Waals surface area (Å²) in [5.74, 6) is 0.186. The normalized spacial score (nSPS) is 10.4. The van der Waals surface area contributed by atoms with E-state index in [0.29, 0.717) is 24.6 Å². The Balaban J connectivity index is 2.38. The van der Waals surface area contributed by atoms with E-state index in [-0.39, 0.29) is 18.2 Å². The number of benzene rings is 1. The lowest BCUT2D eigenvalue weighted by atomic mass is 10.2. The zero-order valence-electron chi connectivity index (χ0n) is 11.5. The first-order valence-electron chi connectivity index (χ1n) is 6.39. The second kappa shape index (κ2) is 8.42. The zero-order valence-corrected chi connectivity index (χ0v) is 14.7. The number of hydrogen-bond acceptors (Lipinski definition) is 2. The van der Waals surface area contributed by atoms with Gasteiger partial charge in [0.15, 0.2) is 0 Å². The molecule has 0 radical (unpaired) electrons. The molecule has 0 aliphatic rings. The third kappa shape index (κ3) is 6.52. The molecule has 0 aliphatic heterocycles. The van der Waals surface area contributed by atoms with E-state index in [2.05, 4.69) is 42.5 Å². The van der Waals surface area contributed by atoms with Crippen molar-refractivity contribution >= 4 is 43.7 Å². The minimum atomic E-state index is -0.191. The molecule has 0 saturated heterocycles. The third-order valence-corrected chi connectivity index (χ3v) is 3.39. The van der Waals surface area contributed by atoms with Crippen molar-refractivity contribution in [3.63, 3.8) is 0 Å². The van der Waals surface area contributed by atoms with Crippen molar-refractivity contribution in [3.8, 4) is 0 Å². The van der Waals surface area contributed by atoms with Crippen LogP contribution >= 0.6 is 31.9 Å². The van der Waals surface area contributed by atoms with E-state index in [1.807, 2.05) is 19.9 Å². The summed E-state index contributed by atoms with van der Waals surface area (Å²) < 4.78 is 1.65. The lowest BCUT2D eigenvalue weighted by Gasteiger charge is -2.08. The lowest BCUT2D eigenvalue weighted by molar-refractivity contribution is -0.121. The molecule has 20 heavy (non-hydrogen) atoms. The van der Waals surface area contributed by atoms with Gasteiger partial charge in [-0.1, -0.05) is 45.7 Å². The van der Waals surface area contributed by atoms with Crippen molar-refractivity contribution in [1.82, 2.24) is 10.6 Å². The van der Waals surface area contributed by atoms with Crippen LogP contribution in [0.4, 0.5) is 0 Å². The third-order valence-electron chi connectivity index (χ3n) is 2.47. The van der Waals surface area contributed by atoms with Crippen molar-refractivity contribution < 1.29 is 9.59 Å². The molecule has 6 heteroatoms. The van der Waals surface area contributed by atoms with Crippen LogP contribution in [0.15, 0.2) is 27.1 Å². The van der Waals surface area contributed by atoms with Crippen LogP contribution in [-0.2, 0) is 4.79 Å². The second-order valence-electron chi connectivity index (χ2n) is 4.86. The van der Waals surface area contributed by atoms with E-state index >= 15 is 0 Å². The highest BCUT2D eigenvalue weighted by molar-refractivity contribution is 9.11.